The SMILES string of the molecule is COc1cc(Nc2nccc(N(C(=O)O)C(c3cc(Cl)ccc3C)c3c(C)cc(C)cc3C)n2)ccc1OCCCN1CCN(C)CC1. The number of carbonyl (C=O) groups is 1. The lowest BCUT2D eigenvalue weighted by Crippen LogP contribution is -2.44. The van der Waals surface area contributed by atoms with Crippen molar-refractivity contribution in [1.82, 2.24) is 19.8 Å². The number of nitrogens with one attached hydrogen (secondary N) is 1. The number of carboxylic acid groups (broad SMARTS) is 1. The minimum Gasteiger partial charge on any atom is -0.493 e. The summed E-state index contributed by atoms with van der Waals surface area (Å²) in [5.74, 6) is 1.68. The maximum Gasteiger partial charge on any atom is 0.413 e. The Morgan fingerprint density at radius 2 is 1.71 bits per heavy atom. The highest BCUT2D eigenvalue weighted by molar-refractivity contribution is 6.30. The molecule has 0 radical (unpaired) electrons. The Hall–Kier alpha value is -4.38. The molecule has 5 rings (SSSR count). The molecule has 254 valence electrons. The van der Waals surface area contributed by atoms with E-state index in [1.807, 2.05) is 64.1 Å². The van der Waals surface area contributed by atoms with Gasteiger partial charge in [0.05, 0.1) is 19.8 Å². The molecule has 1 fully saturated rings. The first-order valence-corrected chi connectivity index (χ1v) is 16.6. The molecule has 48 heavy (non-hydrogen) atoms. The van der Waals surface area contributed by atoms with Crippen LogP contribution in [-0.4, -0.2) is 84.5 Å². The first-order valence-electron chi connectivity index (χ1n) is 16.2. The molecule has 11 heteroatoms. The highest BCUT2D eigenvalue weighted by Gasteiger charge is 2.33. The van der Waals surface area contributed by atoms with E-state index < -0.39 is 12.1 Å². The third kappa shape index (κ3) is 8.36. The molecule has 10 nitrogen and oxygen atoms in total. The molecule has 1 aromatic heterocycles. The fourth-order valence-corrected chi connectivity index (χ4v) is 6.55. The Labute approximate surface area is 288 Å². The van der Waals surface area contributed by atoms with Crippen molar-refractivity contribution in [2.75, 3.05) is 63.7 Å². The Morgan fingerprint density at radius 3 is 2.40 bits per heavy atom. The zero-order valence-electron chi connectivity index (χ0n) is 28.6. The number of hydrogen-bond donors (Lipinski definition) is 2. The van der Waals surface area contributed by atoms with Crippen molar-refractivity contribution in [1.29, 1.82) is 0 Å². The molecule has 0 saturated carbocycles. The summed E-state index contributed by atoms with van der Waals surface area (Å²) in [7, 11) is 3.76. The number of methoxy groups -OCH3 is 1. The van der Waals surface area contributed by atoms with Crippen LogP contribution in [0.25, 0.3) is 0 Å². The van der Waals surface area contributed by atoms with Gasteiger partial charge in [0, 0.05) is 55.7 Å². The van der Waals surface area contributed by atoms with Gasteiger partial charge in [-0.1, -0.05) is 35.4 Å². The minimum absolute atomic E-state index is 0.219. The highest BCUT2D eigenvalue weighted by Crippen LogP contribution is 2.39. The maximum atomic E-state index is 13.2. The molecule has 2 heterocycles. The smallest absolute Gasteiger partial charge is 0.413 e. The van der Waals surface area contributed by atoms with Crippen molar-refractivity contribution in [3.05, 3.63) is 99.2 Å². The van der Waals surface area contributed by atoms with Gasteiger partial charge in [-0.05, 0) is 99.3 Å². The number of piperazine rings is 1. The molecule has 2 N–H and O–H groups in total. The van der Waals surface area contributed by atoms with Gasteiger partial charge in [-0.3, -0.25) is 0 Å². The van der Waals surface area contributed by atoms with Gasteiger partial charge in [-0.25, -0.2) is 14.7 Å². The van der Waals surface area contributed by atoms with Gasteiger partial charge in [0.15, 0.2) is 11.5 Å². The van der Waals surface area contributed by atoms with Crippen molar-refractivity contribution < 1.29 is 19.4 Å². The number of hydrogen-bond acceptors (Lipinski definition) is 8. The van der Waals surface area contributed by atoms with Crippen LogP contribution < -0.4 is 19.7 Å². The lowest BCUT2D eigenvalue weighted by molar-refractivity contribution is 0.145. The van der Waals surface area contributed by atoms with Crippen LogP contribution in [0.2, 0.25) is 5.02 Å². The molecule has 1 aliphatic rings. The summed E-state index contributed by atoms with van der Waals surface area (Å²) in [6, 6.07) is 16.1. The number of halogens is 1. The van der Waals surface area contributed by atoms with Gasteiger partial charge in [-0.15, -0.1) is 0 Å². The highest BCUT2D eigenvalue weighted by atomic mass is 35.5. The summed E-state index contributed by atoms with van der Waals surface area (Å²) in [6.45, 7) is 13.9. The van der Waals surface area contributed by atoms with E-state index in [2.05, 4.69) is 44.3 Å². The number of benzene rings is 3. The van der Waals surface area contributed by atoms with E-state index in [1.54, 1.807) is 19.4 Å². The largest absolute Gasteiger partial charge is 0.493 e. The molecule has 1 saturated heterocycles. The van der Waals surface area contributed by atoms with E-state index in [0.29, 0.717) is 28.8 Å². The number of anilines is 3. The van der Waals surface area contributed by atoms with Gasteiger partial charge in [0.1, 0.15) is 5.82 Å². The third-order valence-corrected chi connectivity index (χ3v) is 9.03. The summed E-state index contributed by atoms with van der Waals surface area (Å²) >= 11 is 6.48. The lowest BCUT2D eigenvalue weighted by Gasteiger charge is -2.33. The summed E-state index contributed by atoms with van der Waals surface area (Å²) < 4.78 is 11.7. The van der Waals surface area contributed by atoms with E-state index in [9.17, 15) is 9.90 Å². The van der Waals surface area contributed by atoms with Gasteiger partial charge in [-0.2, -0.15) is 4.98 Å². The zero-order chi connectivity index (χ0) is 34.4. The van der Waals surface area contributed by atoms with E-state index in [4.69, 9.17) is 21.1 Å². The minimum atomic E-state index is -1.15. The van der Waals surface area contributed by atoms with Crippen LogP contribution in [0.1, 0.15) is 45.8 Å². The molecule has 1 amide bonds. The Bertz CT molecular complexity index is 1720. The van der Waals surface area contributed by atoms with Crippen LogP contribution in [0.3, 0.4) is 0 Å². The summed E-state index contributed by atoms with van der Waals surface area (Å²) in [6.07, 6.45) is 1.32. The monoisotopic (exact) mass is 672 g/mol. The average Bonchev–Trinajstić information content (AvgIpc) is 3.04. The van der Waals surface area contributed by atoms with Crippen molar-refractivity contribution in [3.63, 3.8) is 0 Å². The molecule has 1 aliphatic heterocycles. The molecule has 1 atom stereocenters. The Kier molecular flexibility index (Phi) is 11.4. The topological polar surface area (TPSA) is 103 Å². The number of rotatable bonds is 12. The lowest BCUT2D eigenvalue weighted by atomic mass is 9.87. The van der Waals surface area contributed by atoms with Crippen molar-refractivity contribution in [2.24, 2.45) is 0 Å². The van der Waals surface area contributed by atoms with Crippen molar-refractivity contribution in [2.45, 2.75) is 40.2 Å². The standard InChI is InChI=1S/C37H45ClN6O4/c1-24-20-26(3)34(27(4)21-24)35(30-22-28(38)9-8-25(30)2)44(37(45)46)33-12-13-39-36(41-33)40-29-10-11-31(32(23-29)47-6)48-19-7-14-43-17-15-42(5)16-18-43/h8-13,20-23,35H,7,14-19H2,1-6H3,(H,45,46)(H,39,40,41). The van der Waals surface area contributed by atoms with Crippen LogP contribution in [0.5, 0.6) is 11.5 Å². The quantitative estimate of drug-likeness (QED) is 0.149. The fourth-order valence-electron chi connectivity index (χ4n) is 6.37. The first-order chi connectivity index (χ1) is 23.0. The van der Waals surface area contributed by atoms with Crippen LogP contribution in [-0.2, 0) is 0 Å². The number of aromatic nitrogens is 2. The molecule has 1 unspecified atom stereocenters. The van der Waals surface area contributed by atoms with Crippen LogP contribution in [0, 0.1) is 27.7 Å². The van der Waals surface area contributed by atoms with Crippen LogP contribution in [0.15, 0.2) is 60.8 Å². The number of amides is 1. The third-order valence-electron chi connectivity index (χ3n) is 8.79. The van der Waals surface area contributed by atoms with Crippen LogP contribution >= 0.6 is 11.6 Å². The van der Waals surface area contributed by atoms with Crippen LogP contribution in [0.4, 0.5) is 22.2 Å². The maximum absolute atomic E-state index is 13.2. The zero-order valence-corrected chi connectivity index (χ0v) is 29.3. The average molecular weight is 673 g/mol. The molecule has 0 spiro atoms. The number of aryl methyl sites for hydroxylation is 4. The molecule has 4 aromatic rings. The molecule has 3 aromatic carbocycles. The molecule has 0 bridgehead atoms. The van der Waals surface area contributed by atoms with Crippen molar-refractivity contribution in [3.8, 4) is 11.5 Å². The number of likely N-dealkylation sites (N-methyl/N-ethyl adjacent to an activating group) is 1. The van der Waals surface area contributed by atoms with E-state index >= 15 is 0 Å². The number of ether oxygens (including phenoxy) is 2. The first kappa shape index (κ1) is 34.9. The number of nitrogens with zero attached hydrogens (tertiary/aromatic N) is 5. The second-order valence-corrected chi connectivity index (χ2v) is 12.9. The Morgan fingerprint density at radius 1 is 0.979 bits per heavy atom. The molecular weight excluding hydrogens is 628 g/mol. The van der Waals surface area contributed by atoms with E-state index in [-0.39, 0.29) is 11.8 Å². The summed E-state index contributed by atoms with van der Waals surface area (Å²) in [5.41, 5.74) is 6.29. The summed E-state index contributed by atoms with van der Waals surface area (Å²) in [5, 5.41) is 14.5. The van der Waals surface area contributed by atoms with Crippen molar-refractivity contribution >= 4 is 35.1 Å². The Balaban J connectivity index is 1.39. The second kappa shape index (κ2) is 15.7. The normalized spacial score (nSPS) is 14.4. The van der Waals surface area contributed by atoms with Gasteiger partial charge in [0.2, 0.25) is 5.95 Å². The van der Waals surface area contributed by atoms with E-state index in [0.717, 1.165) is 72.5 Å². The van der Waals surface area contributed by atoms with Gasteiger partial charge < -0.3 is 29.7 Å². The summed E-state index contributed by atoms with van der Waals surface area (Å²) in [4.78, 5) is 28.3. The molecular formula is C37H45ClN6O4. The predicted molar refractivity (Wildman–Crippen MR) is 192 cm³/mol. The fraction of sp³-hybridized carbons (Fsp3) is 0.378. The van der Waals surface area contributed by atoms with Gasteiger partial charge >= 0.3 is 6.09 Å². The van der Waals surface area contributed by atoms with Gasteiger partial charge in [0.25, 0.3) is 0 Å². The van der Waals surface area contributed by atoms with E-state index in [1.165, 1.54) is 4.90 Å². The second-order valence-electron chi connectivity index (χ2n) is 12.4. The molecule has 0 aliphatic carbocycles. The predicted octanol–water partition coefficient (Wildman–Crippen LogP) is 7.41.